The zero-order chi connectivity index (χ0) is 9.84. The minimum Gasteiger partial charge on any atom is -0.238 e. The minimum atomic E-state index is 0.397. The van der Waals surface area contributed by atoms with Gasteiger partial charge >= 0.3 is 0 Å². The second-order valence-electron chi connectivity index (χ2n) is 3.15. The van der Waals surface area contributed by atoms with Crippen molar-refractivity contribution in [2.24, 2.45) is 0 Å². The Labute approximate surface area is 78.5 Å². The predicted molar refractivity (Wildman–Crippen MR) is 50.2 cm³/mol. The van der Waals surface area contributed by atoms with E-state index >= 15 is 0 Å². The summed E-state index contributed by atoms with van der Waals surface area (Å²) in [4.78, 5) is 8.29. The molecule has 13 heavy (non-hydrogen) atoms. The number of nitriles is 1. The van der Waals surface area contributed by atoms with E-state index in [1.54, 1.807) is 6.07 Å². The molecule has 0 aromatic carbocycles. The number of aryl methyl sites for hydroxylation is 1. The van der Waals surface area contributed by atoms with Gasteiger partial charge in [-0.15, -0.1) is 0 Å². The molecule has 1 aromatic heterocycles. The van der Waals surface area contributed by atoms with E-state index in [0.717, 1.165) is 12.1 Å². The lowest BCUT2D eigenvalue weighted by Gasteiger charge is -2.07. The van der Waals surface area contributed by atoms with Crippen molar-refractivity contribution in [3.63, 3.8) is 0 Å². The molecule has 0 bridgehead atoms. The van der Waals surface area contributed by atoms with Gasteiger partial charge in [-0.2, -0.15) is 5.26 Å². The molecule has 0 saturated carbocycles. The first kappa shape index (κ1) is 9.66. The number of aromatic nitrogens is 2. The van der Waals surface area contributed by atoms with Crippen LogP contribution in [0.5, 0.6) is 0 Å². The highest BCUT2D eigenvalue weighted by atomic mass is 14.9. The fraction of sp³-hybridized carbons (Fsp3) is 0.500. The van der Waals surface area contributed by atoms with Gasteiger partial charge in [0.15, 0.2) is 0 Å². The second kappa shape index (κ2) is 3.99. The standard InChI is InChI=1S/C10H13N3/c1-4-7(2)10-5-9(6-11)12-8(3)13-10/h5,7H,4H2,1-3H3/t7-/m1/s1. The highest BCUT2D eigenvalue weighted by molar-refractivity contribution is 5.24. The first-order valence-corrected chi connectivity index (χ1v) is 4.43. The summed E-state index contributed by atoms with van der Waals surface area (Å²) in [6.07, 6.45) is 1.03. The molecule has 0 radical (unpaired) electrons. The molecule has 3 nitrogen and oxygen atoms in total. The molecule has 1 aromatic rings. The molecular weight excluding hydrogens is 162 g/mol. The molecule has 0 aliphatic carbocycles. The molecule has 0 unspecified atom stereocenters. The minimum absolute atomic E-state index is 0.397. The van der Waals surface area contributed by atoms with Crippen molar-refractivity contribution in [2.45, 2.75) is 33.1 Å². The second-order valence-corrected chi connectivity index (χ2v) is 3.15. The summed E-state index contributed by atoms with van der Waals surface area (Å²) in [5.41, 5.74) is 1.43. The Kier molecular flexibility index (Phi) is 2.97. The van der Waals surface area contributed by atoms with Gasteiger partial charge in [-0.05, 0) is 25.3 Å². The lowest BCUT2D eigenvalue weighted by atomic mass is 10.0. The van der Waals surface area contributed by atoms with E-state index in [2.05, 4.69) is 23.8 Å². The van der Waals surface area contributed by atoms with Gasteiger partial charge in [-0.1, -0.05) is 13.8 Å². The van der Waals surface area contributed by atoms with E-state index in [0.29, 0.717) is 17.4 Å². The first-order valence-electron chi connectivity index (χ1n) is 4.43. The molecular formula is C10H13N3. The molecule has 1 rings (SSSR count). The maximum Gasteiger partial charge on any atom is 0.144 e. The predicted octanol–water partition coefficient (Wildman–Crippen LogP) is 2.17. The first-order chi connectivity index (χ1) is 6.17. The van der Waals surface area contributed by atoms with Crippen LogP contribution in [0.3, 0.4) is 0 Å². The van der Waals surface area contributed by atoms with Crippen LogP contribution in [0, 0.1) is 18.3 Å². The van der Waals surface area contributed by atoms with E-state index in [1.807, 2.05) is 13.0 Å². The zero-order valence-electron chi connectivity index (χ0n) is 8.20. The van der Waals surface area contributed by atoms with Gasteiger partial charge in [0.1, 0.15) is 17.6 Å². The summed E-state index contributed by atoms with van der Waals surface area (Å²) in [6.45, 7) is 6.02. The van der Waals surface area contributed by atoms with E-state index in [1.165, 1.54) is 0 Å². The van der Waals surface area contributed by atoms with Crippen molar-refractivity contribution in [1.82, 2.24) is 9.97 Å². The van der Waals surface area contributed by atoms with E-state index in [9.17, 15) is 0 Å². The van der Waals surface area contributed by atoms with Crippen LogP contribution in [0.2, 0.25) is 0 Å². The van der Waals surface area contributed by atoms with Gasteiger partial charge in [0.2, 0.25) is 0 Å². The Morgan fingerprint density at radius 3 is 2.77 bits per heavy atom. The molecule has 0 amide bonds. The largest absolute Gasteiger partial charge is 0.238 e. The summed E-state index contributed by atoms with van der Waals surface area (Å²) < 4.78 is 0. The van der Waals surface area contributed by atoms with E-state index in [-0.39, 0.29) is 0 Å². The van der Waals surface area contributed by atoms with Crippen LogP contribution in [0.25, 0.3) is 0 Å². The summed E-state index contributed by atoms with van der Waals surface area (Å²) in [6, 6.07) is 3.80. The maximum atomic E-state index is 8.70. The van der Waals surface area contributed by atoms with Crippen LogP contribution >= 0.6 is 0 Å². The smallest absolute Gasteiger partial charge is 0.144 e. The quantitative estimate of drug-likeness (QED) is 0.692. The topological polar surface area (TPSA) is 49.6 Å². The average molecular weight is 175 g/mol. The molecule has 0 N–H and O–H groups in total. The Bertz CT molecular complexity index is 339. The molecule has 0 fully saturated rings. The third kappa shape index (κ3) is 2.25. The lowest BCUT2D eigenvalue weighted by Crippen LogP contribution is -2.01. The molecule has 0 spiro atoms. The Balaban J connectivity index is 3.10. The van der Waals surface area contributed by atoms with Gasteiger partial charge in [0, 0.05) is 5.69 Å². The van der Waals surface area contributed by atoms with Crippen LogP contribution in [-0.4, -0.2) is 9.97 Å². The number of nitrogens with zero attached hydrogens (tertiary/aromatic N) is 3. The Morgan fingerprint density at radius 2 is 2.23 bits per heavy atom. The highest BCUT2D eigenvalue weighted by Crippen LogP contribution is 2.16. The number of hydrogen-bond donors (Lipinski definition) is 0. The zero-order valence-corrected chi connectivity index (χ0v) is 8.20. The van der Waals surface area contributed by atoms with Crippen molar-refractivity contribution < 1.29 is 0 Å². The van der Waals surface area contributed by atoms with Crippen molar-refractivity contribution in [2.75, 3.05) is 0 Å². The number of rotatable bonds is 2. The van der Waals surface area contributed by atoms with E-state index in [4.69, 9.17) is 5.26 Å². The van der Waals surface area contributed by atoms with Crippen LogP contribution < -0.4 is 0 Å². The Hall–Kier alpha value is -1.43. The fourth-order valence-electron chi connectivity index (χ4n) is 1.11. The van der Waals surface area contributed by atoms with Crippen molar-refractivity contribution in [3.8, 4) is 6.07 Å². The van der Waals surface area contributed by atoms with Crippen LogP contribution in [-0.2, 0) is 0 Å². The third-order valence-corrected chi connectivity index (χ3v) is 2.09. The Morgan fingerprint density at radius 1 is 1.54 bits per heavy atom. The molecule has 68 valence electrons. The summed E-state index contributed by atoms with van der Waals surface area (Å²) >= 11 is 0. The summed E-state index contributed by atoms with van der Waals surface area (Å²) in [5, 5.41) is 8.70. The van der Waals surface area contributed by atoms with Gasteiger partial charge in [0.25, 0.3) is 0 Å². The molecule has 0 saturated heterocycles. The molecule has 0 aliphatic rings. The SMILES string of the molecule is CC[C@@H](C)c1cc(C#N)nc(C)n1. The fourth-order valence-corrected chi connectivity index (χ4v) is 1.11. The normalized spacial score (nSPS) is 12.2. The molecule has 0 aliphatic heterocycles. The van der Waals surface area contributed by atoms with Gasteiger partial charge in [-0.3, -0.25) is 0 Å². The third-order valence-electron chi connectivity index (χ3n) is 2.09. The lowest BCUT2D eigenvalue weighted by molar-refractivity contribution is 0.698. The van der Waals surface area contributed by atoms with Gasteiger partial charge in [-0.25, -0.2) is 9.97 Å². The van der Waals surface area contributed by atoms with Crippen molar-refractivity contribution >= 4 is 0 Å². The van der Waals surface area contributed by atoms with Crippen LogP contribution in [0.4, 0.5) is 0 Å². The highest BCUT2D eigenvalue weighted by Gasteiger charge is 2.07. The maximum absolute atomic E-state index is 8.70. The molecule has 1 atom stereocenters. The van der Waals surface area contributed by atoms with Crippen LogP contribution in [0.1, 0.15) is 43.4 Å². The molecule has 1 heterocycles. The van der Waals surface area contributed by atoms with Crippen LogP contribution in [0.15, 0.2) is 6.07 Å². The van der Waals surface area contributed by atoms with Crippen molar-refractivity contribution in [1.29, 1.82) is 5.26 Å². The summed E-state index contributed by atoms with van der Waals surface area (Å²) in [5.74, 6) is 1.07. The number of hydrogen-bond acceptors (Lipinski definition) is 3. The van der Waals surface area contributed by atoms with Crippen molar-refractivity contribution in [3.05, 3.63) is 23.3 Å². The van der Waals surface area contributed by atoms with Gasteiger partial charge in [0.05, 0.1) is 0 Å². The average Bonchev–Trinajstić information content (AvgIpc) is 2.15. The summed E-state index contributed by atoms with van der Waals surface area (Å²) in [7, 11) is 0. The molecule has 3 heteroatoms. The van der Waals surface area contributed by atoms with E-state index < -0.39 is 0 Å². The monoisotopic (exact) mass is 175 g/mol. The van der Waals surface area contributed by atoms with Gasteiger partial charge < -0.3 is 0 Å².